The van der Waals surface area contributed by atoms with Crippen molar-refractivity contribution in [1.29, 1.82) is 0 Å². The number of nitrogens with one attached hydrogen (secondary N) is 2. The van der Waals surface area contributed by atoms with Gasteiger partial charge in [-0.15, -0.1) is 0 Å². The van der Waals surface area contributed by atoms with Crippen molar-refractivity contribution in [3.05, 3.63) is 0 Å². The van der Waals surface area contributed by atoms with Gasteiger partial charge in [-0.2, -0.15) is 0 Å². The van der Waals surface area contributed by atoms with Crippen LogP contribution in [-0.4, -0.2) is 42.0 Å². The average molecular weight is 380 g/mol. The summed E-state index contributed by atoms with van der Waals surface area (Å²) in [6.45, 7) is 0.891. The largest absolute Gasteiger partial charge is 0.481 e. The Kier molecular flexibility index (Phi) is 5.83. The number of rotatable bonds is 4. The van der Waals surface area contributed by atoms with Gasteiger partial charge in [0.25, 0.3) is 0 Å². The van der Waals surface area contributed by atoms with Crippen molar-refractivity contribution < 1.29 is 19.4 Å². The first-order chi connectivity index (χ1) is 13.0. The van der Waals surface area contributed by atoms with Gasteiger partial charge < -0.3 is 15.6 Å². The van der Waals surface area contributed by atoms with Gasteiger partial charge in [-0.05, 0) is 31.1 Å². The monoisotopic (exact) mass is 379 g/mol. The predicted octanol–water partition coefficient (Wildman–Crippen LogP) is 1.42. The van der Waals surface area contributed by atoms with E-state index in [-0.39, 0.29) is 24.3 Å². The minimum Gasteiger partial charge on any atom is -0.481 e. The molecular formula is C20H33N3O4. The van der Waals surface area contributed by atoms with Crippen LogP contribution in [0.2, 0.25) is 0 Å². The fraction of sp³-hybridized carbons (Fsp3) is 0.900. The highest BCUT2D eigenvalue weighted by Crippen LogP contribution is 2.39. The highest BCUT2D eigenvalue weighted by atomic mass is 16.5. The van der Waals surface area contributed by atoms with E-state index in [4.69, 9.17) is 10.5 Å². The summed E-state index contributed by atoms with van der Waals surface area (Å²) >= 11 is 0. The third-order valence-electron chi connectivity index (χ3n) is 7.27. The molecule has 3 heterocycles. The summed E-state index contributed by atoms with van der Waals surface area (Å²) in [5, 5.41) is 15.8. The fourth-order valence-electron chi connectivity index (χ4n) is 5.62. The highest BCUT2D eigenvalue weighted by Gasteiger charge is 2.51. The van der Waals surface area contributed by atoms with Crippen LogP contribution >= 0.6 is 0 Å². The zero-order valence-corrected chi connectivity index (χ0v) is 15.9. The Morgan fingerprint density at radius 2 is 1.78 bits per heavy atom. The normalized spacial score (nSPS) is 43.0. The van der Waals surface area contributed by atoms with E-state index in [0.717, 1.165) is 18.9 Å². The van der Waals surface area contributed by atoms with Gasteiger partial charge >= 0.3 is 5.97 Å². The number of carboxylic acids is 1. The number of hydrogen-bond acceptors (Lipinski definition) is 6. The smallest absolute Gasteiger partial charge is 0.309 e. The molecule has 4 aliphatic rings. The van der Waals surface area contributed by atoms with E-state index < -0.39 is 30.2 Å². The Hall–Kier alpha value is -1.02. The van der Waals surface area contributed by atoms with E-state index in [0.29, 0.717) is 5.92 Å². The number of hydrogen-bond donors (Lipinski definition) is 4. The molecule has 7 unspecified atom stereocenters. The number of carbonyl (C=O) groups is 2. The lowest BCUT2D eigenvalue weighted by atomic mass is 9.73. The molecule has 0 aromatic heterocycles. The molecule has 7 nitrogen and oxygen atoms in total. The lowest BCUT2D eigenvalue weighted by molar-refractivity contribution is -0.188. The standard InChI is InChI=1S/C20H33N3O4/c21-17-15(20(25)26)9-14-16(24)13-8-12(7-6-11-4-2-1-3-5-11)10-22-18(13)27-19(14)23-17/h11-15,17-19,22-23H,1-10,21H2,(H,25,26). The molecule has 0 radical (unpaired) electrons. The molecule has 4 rings (SSSR count). The Labute approximate surface area is 160 Å². The molecule has 0 aromatic carbocycles. The lowest BCUT2D eigenvalue weighted by Gasteiger charge is -2.49. The summed E-state index contributed by atoms with van der Waals surface area (Å²) in [4.78, 5) is 24.6. The van der Waals surface area contributed by atoms with E-state index in [1.807, 2.05) is 0 Å². The summed E-state index contributed by atoms with van der Waals surface area (Å²) < 4.78 is 6.09. The van der Waals surface area contributed by atoms with Crippen molar-refractivity contribution >= 4 is 11.8 Å². The van der Waals surface area contributed by atoms with Crippen molar-refractivity contribution in [2.45, 2.75) is 76.4 Å². The van der Waals surface area contributed by atoms with Crippen LogP contribution in [0, 0.1) is 29.6 Å². The van der Waals surface area contributed by atoms with Crippen LogP contribution in [0.4, 0.5) is 0 Å². The topological polar surface area (TPSA) is 114 Å². The van der Waals surface area contributed by atoms with E-state index in [1.165, 1.54) is 44.9 Å². The highest BCUT2D eigenvalue weighted by molar-refractivity contribution is 5.86. The maximum atomic E-state index is 13.1. The second-order valence-corrected chi connectivity index (χ2v) is 9.06. The molecule has 0 bridgehead atoms. The SMILES string of the molecule is NC1NC2OC3NCC(CCC4CCCCC4)CC3C(=O)C2CC1C(=O)O. The number of Topliss-reactive ketones (excluding diaryl/α,β-unsaturated/α-hetero) is 1. The summed E-state index contributed by atoms with van der Waals surface area (Å²) in [5.74, 6) is -0.750. The molecule has 27 heavy (non-hydrogen) atoms. The summed E-state index contributed by atoms with van der Waals surface area (Å²) in [7, 11) is 0. The van der Waals surface area contributed by atoms with Crippen molar-refractivity contribution in [3.8, 4) is 0 Å². The van der Waals surface area contributed by atoms with E-state index >= 15 is 0 Å². The molecule has 0 aromatic rings. The molecule has 4 fully saturated rings. The predicted molar refractivity (Wildman–Crippen MR) is 99.4 cm³/mol. The second-order valence-electron chi connectivity index (χ2n) is 9.06. The number of piperidine rings is 2. The number of carbonyl (C=O) groups excluding carboxylic acids is 1. The number of carboxylic acid groups (broad SMARTS) is 1. The molecule has 5 N–H and O–H groups in total. The first-order valence-electron chi connectivity index (χ1n) is 10.7. The van der Waals surface area contributed by atoms with Crippen LogP contribution in [-0.2, 0) is 14.3 Å². The van der Waals surface area contributed by atoms with Crippen LogP contribution in [0.1, 0.15) is 57.8 Å². The molecule has 0 spiro atoms. The number of ether oxygens (including phenoxy) is 1. The zero-order valence-electron chi connectivity index (χ0n) is 15.9. The van der Waals surface area contributed by atoms with Crippen LogP contribution < -0.4 is 16.4 Å². The first-order valence-corrected chi connectivity index (χ1v) is 10.7. The molecular weight excluding hydrogens is 346 g/mol. The maximum Gasteiger partial charge on any atom is 0.309 e. The van der Waals surface area contributed by atoms with Crippen molar-refractivity contribution in [2.75, 3.05) is 6.54 Å². The number of nitrogens with two attached hydrogens (primary N) is 1. The van der Waals surface area contributed by atoms with Crippen LogP contribution in [0.15, 0.2) is 0 Å². The molecule has 1 saturated carbocycles. The molecule has 0 amide bonds. The minimum atomic E-state index is -0.949. The minimum absolute atomic E-state index is 0.150. The second kappa shape index (κ2) is 8.15. The summed E-state index contributed by atoms with van der Waals surface area (Å²) in [5.41, 5.74) is 5.93. The molecule has 152 valence electrons. The van der Waals surface area contributed by atoms with Crippen LogP contribution in [0.25, 0.3) is 0 Å². The van der Waals surface area contributed by atoms with Gasteiger partial charge in [0.2, 0.25) is 0 Å². The Morgan fingerprint density at radius 1 is 1.07 bits per heavy atom. The van der Waals surface area contributed by atoms with Crippen LogP contribution in [0.5, 0.6) is 0 Å². The van der Waals surface area contributed by atoms with Crippen LogP contribution in [0.3, 0.4) is 0 Å². The fourth-order valence-corrected chi connectivity index (χ4v) is 5.62. The van der Waals surface area contributed by atoms with E-state index in [1.54, 1.807) is 0 Å². The molecule has 3 aliphatic heterocycles. The zero-order chi connectivity index (χ0) is 19.0. The molecule has 1 aliphatic carbocycles. The van der Waals surface area contributed by atoms with Gasteiger partial charge in [0.1, 0.15) is 18.2 Å². The summed E-state index contributed by atoms with van der Waals surface area (Å²) in [6.07, 6.45) is 8.97. The van der Waals surface area contributed by atoms with Crippen molar-refractivity contribution in [1.82, 2.24) is 10.6 Å². The van der Waals surface area contributed by atoms with E-state index in [9.17, 15) is 14.7 Å². The van der Waals surface area contributed by atoms with Gasteiger partial charge in [0.05, 0.1) is 23.9 Å². The summed E-state index contributed by atoms with van der Waals surface area (Å²) in [6, 6.07) is 0. The van der Waals surface area contributed by atoms with Gasteiger partial charge in [-0.3, -0.25) is 20.2 Å². The Bertz CT molecular complexity index is 565. The Morgan fingerprint density at radius 3 is 2.52 bits per heavy atom. The molecule has 3 saturated heterocycles. The van der Waals surface area contributed by atoms with Gasteiger partial charge in [0, 0.05) is 6.54 Å². The number of ketones is 1. The first kappa shape index (κ1) is 19.3. The van der Waals surface area contributed by atoms with Gasteiger partial charge in [0.15, 0.2) is 0 Å². The average Bonchev–Trinajstić information content (AvgIpc) is 2.67. The number of fused-ring (bicyclic) bond motifs is 2. The third-order valence-corrected chi connectivity index (χ3v) is 7.27. The molecule has 7 heteroatoms. The Balaban J connectivity index is 1.35. The quantitative estimate of drug-likeness (QED) is 0.584. The van der Waals surface area contributed by atoms with Crippen molar-refractivity contribution in [3.63, 3.8) is 0 Å². The van der Waals surface area contributed by atoms with E-state index in [2.05, 4.69) is 10.6 Å². The maximum absolute atomic E-state index is 13.1. The van der Waals surface area contributed by atoms with Crippen molar-refractivity contribution in [2.24, 2.45) is 35.3 Å². The molecule has 7 atom stereocenters. The number of aliphatic carboxylic acids is 1. The third kappa shape index (κ3) is 4.06. The van der Waals surface area contributed by atoms with Gasteiger partial charge in [-0.25, -0.2) is 0 Å². The lowest BCUT2D eigenvalue weighted by Crippen LogP contribution is -2.67. The van der Waals surface area contributed by atoms with Gasteiger partial charge in [-0.1, -0.05) is 38.5 Å².